The van der Waals surface area contributed by atoms with Crippen LogP contribution in [0.3, 0.4) is 0 Å². The average molecular weight is 221 g/mol. The van der Waals surface area contributed by atoms with Gasteiger partial charge < -0.3 is 14.8 Å². The van der Waals surface area contributed by atoms with Crippen molar-refractivity contribution >= 4 is 0 Å². The first-order valence-electron chi connectivity index (χ1n) is 5.72. The minimum atomic E-state index is 0.151. The van der Waals surface area contributed by atoms with Crippen LogP contribution in [0.2, 0.25) is 0 Å². The van der Waals surface area contributed by atoms with Crippen molar-refractivity contribution in [3.8, 4) is 5.75 Å². The Kier molecular flexibility index (Phi) is 3.46. The lowest BCUT2D eigenvalue weighted by atomic mass is 10.00. The van der Waals surface area contributed by atoms with Gasteiger partial charge in [0.25, 0.3) is 0 Å². The van der Waals surface area contributed by atoms with Crippen LogP contribution in [-0.4, -0.2) is 26.3 Å². The lowest BCUT2D eigenvalue weighted by molar-refractivity contribution is -0.000275. The average Bonchev–Trinajstić information content (AvgIpc) is 2.29. The van der Waals surface area contributed by atoms with Gasteiger partial charge in [0.05, 0.1) is 19.8 Å². The molecule has 1 aliphatic rings. The Bertz CT molecular complexity index is 365. The van der Waals surface area contributed by atoms with E-state index in [0.29, 0.717) is 6.04 Å². The number of hydrogen-bond acceptors (Lipinski definition) is 3. The molecule has 1 saturated heterocycles. The molecule has 0 aromatic heterocycles. The second kappa shape index (κ2) is 4.85. The SMILES string of the molecule is COc1ccc(C2OCCNC2C)cc1C. The molecule has 2 unspecified atom stereocenters. The number of nitrogens with one attached hydrogen (secondary N) is 1. The number of rotatable bonds is 2. The number of aryl methyl sites for hydroxylation is 1. The second-order valence-electron chi connectivity index (χ2n) is 4.26. The van der Waals surface area contributed by atoms with E-state index in [1.807, 2.05) is 6.07 Å². The molecular formula is C13H19NO2. The largest absolute Gasteiger partial charge is 0.496 e. The highest BCUT2D eigenvalue weighted by atomic mass is 16.5. The third kappa shape index (κ3) is 2.20. The number of benzene rings is 1. The molecule has 3 heteroatoms. The van der Waals surface area contributed by atoms with E-state index in [1.165, 1.54) is 5.56 Å². The smallest absolute Gasteiger partial charge is 0.121 e. The van der Waals surface area contributed by atoms with Crippen molar-refractivity contribution in [1.82, 2.24) is 5.32 Å². The molecule has 0 saturated carbocycles. The van der Waals surface area contributed by atoms with Gasteiger partial charge in [-0.3, -0.25) is 0 Å². The summed E-state index contributed by atoms with van der Waals surface area (Å²) in [5, 5.41) is 3.42. The van der Waals surface area contributed by atoms with Crippen LogP contribution in [0.15, 0.2) is 18.2 Å². The summed E-state index contributed by atoms with van der Waals surface area (Å²) < 4.78 is 11.1. The molecule has 1 aliphatic heterocycles. The number of hydrogen-bond donors (Lipinski definition) is 1. The van der Waals surface area contributed by atoms with E-state index in [9.17, 15) is 0 Å². The topological polar surface area (TPSA) is 30.5 Å². The zero-order valence-corrected chi connectivity index (χ0v) is 10.1. The van der Waals surface area contributed by atoms with E-state index in [2.05, 4.69) is 31.3 Å². The maximum Gasteiger partial charge on any atom is 0.121 e. The van der Waals surface area contributed by atoms with Gasteiger partial charge in [0.1, 0.15) is 5.75 Å². The predicted octanol–water partition coefficient (Wildman–Crippen LogP) is 2.05. The Morgan fingerprint density at radius 2 is 2.25 bits per heavy atom. The summed E-state index contributed by atoms with van der Waals surface area (Å²) in [6.45, 7) is 5.93. The van der Waals surface area contributed by atoms with Crippen LogP contribution < -0.4 is 10.1 Å². The van der Waals surface area contributed by atoms with Crippen LogP contribution in [0.4, 0.5) is 0 Å². The summed E-state index contributed by atoms with van der Waals surface area (Å²) >= 11 is 0. The van der Waals surface area contributed by atoms with Crippen molar-refractivity contribution in [1.29, 1.82) is 0 Å². The fourth-order valence-electron chi connectivity index (χ4n) is 2.19. The summed E-state index contributed by atoms with van der Waals surface area (Å²) in [5.41, 5.74) is 2.37. The quantitative estimate of drug-likeness (QED) is 0.829. The lowest BCUT2D eigenvalue weighted by Gasteiger charge is -2.30. The minimum absolute atomic E-state index is 0.151. The Balaban J connectivity index is 2.22. The first-order chi connectivity index (χ1) is 7.72. The predicted molar refractivity (Wildman–Crippen MR) is 63.9 cm³/mol. The normalized spacial score (nSPS) is 25.4. The van der Waals surface area contributed by atoms with Gasteiger partial charge in [-0.25, -0.2) is 0 Å². The highest BCUT2D eigenvalue weighted by Crippen LogP contribution is 2.27. The zero-order valence-electron chi connectivity index (χ0n) is 10.1. The van der Waals surface area contributed by atoms with E-state index in [1.54, 1.807) is 7.11 Å². The van der Waals surface area contributed by atoms with Gasteiger partial charge in [-0.2, -0.15) is 0 Å². The third-order valence-electron chi connectivity index (χ3n) is 3.07. The van der Waals surface area contributed by atoms with Gasteiger partial charge in [-0.1, -0.05) is 6.07 Å². The number of ether oxygens (including phenoxy) is 2. The molecular weight excluding hydrogens is 202 g/mol. The Labute approximate surface area is 96.8 Å². The van der Waals surface area contributed by atoms with Crippen molar-refractivity contribution in [3.63, 3.8) is 0 Å². The first-order valence-corrected chi connectivity index (χ1v) is 5.72. The van der Waals surface area contributed by atoms with Gasteiger partial charge >= 0.3 is 0 Å². The molecule has 0 aliphatic carbocycles. The monoisotopic (exact) mass is 221 g/mol. The van der Waals surface area contributed by atoms with E-state index >= 15 is 0 Å². The van der Waals surface area contributed by atoms with E-state index in [0.717, 1.165) is 24.5 Å². The lowest BCUT2D eigenvalue weighted by Crippen LogP contribution is -2.41. The van der Waals surface area contributed by atoms with Gasteiger partial charge in [-0.15, -0.1) is 0 Å². The third-order valence-corrected chi connectivity index (χ3v) is 3.07. The van der Waals surface area contributed by atoms with E-state index in [4.69, 9.17) is 9.47 Å². The molecule has 2 rings (SSSR count). The van der Waals surface area contributed by atoms with Crippen molar-refractivity contribution in [2.75, 3.05) is 20.3 Å². The van der Waals surface area contributed by atoms with Crippen molar-refractivity contribution in [3.05, 3.63) is 29.3 Å². The van der Waals surface area contributed by atoms with Gasteiger partial charge in [-0.05, 0) is 37.1 Å². The summed E-state index contributed by atoms with van der Waals surface area (Å²) in [7, 11) is 1.70. The molecule has 0 amide bonds. The summed E-state index contributed by atoms with van der Waals surface area (Å²) in [5.74, 6) is 0.931. The van der Waals surface area contributed by atoms with Crippen molar-refractivity contribution < 1.29 is 9.47 Å². The molecule has 1 aromatic carbocycles. The standard InChI is InChI=1S/C13H19NO2/c1-9-8-11(4-5-12(9)15-3)13-10(2)14-6-7-16-13/h4-5,8,10,13-14H,6-7H2,1-3H3. The van der Waals surface area contributed by atoms with E-state index < -0.39 is 0 Å². The zero-order chi connectivity index (χ0) is 11.5. The molecule has 16 heavy (non-hydrogen) atoms. The molecule has 0 radical (unpaired) electrons. The molecule has 2 atom stereocenters. The Morgan fingerprint density at radius 1 is 1.44 bits per heavy atom. The van der Waals surface area contributed by atoms with Gasteiger partial charge in [0.15, 0.2) is 0 Å². The highest BCUT2D eigenvalue weighted by Gasteiger charge is 2.23. The van der Waals surface area contributed by atoms with E-state index in [-0.39, 0.29) is 6.10 Å². The fraction of sp³-hybridized carbons (Fsp3) is 0.538. The summed E-state index contributed by atoms with van der Waals surface area (Å²) in [6, 6.07) is 6.60. The van der Waals surface area contributed by atoms with Crippen LogP contribution in [0.1, 0.15) is 24.2 Å². The Morgan fingerprint density at radius 3 is 2.88 bits per heavy atom. The first kappa shape index (κ1) is 11.4. The van der Waals surface area contributed by atoms with Crippen molar-refractivity contribution in [2.45, 2.75) is 26.0 Å². The summed E-state index contributed by atoms with van der Waals surface area (Å²) in [6.07, 6.45) is 0.151. The summed E-state index contributed by atoms with van der Waals surface area (Å²) in [4.78, 5) is 0. The number of morpholine rings is 1. The van der Waals surface area contributed by atoms with Crippen LogP contribution in [0, 0.1) is 6.92 Å². The van der Waals surface area contributed by atoms with Crippen LogP contribution >= 0.6 is 0 Å². The molecule has 1 aromatic rings. The molecule has 88 valence electrons. The number of methoxy groups -OCH3 is 1. The Hall–Kier alpha value is -1.06. The van der Waals surface area contributed by atoms with Crippen LogP contribution in [0.5, 0.6) is 5.75 Å². The molecule has 1 heterocycles. The molecule has 0 spiro atoms. The minimum Gasteiger partial charge on any atom is -0.496 e. The molecule has 1 fully saturated rings. The highest BCUT2D eigenvalue weighted by molar-refractivity contribution is 5.37. The maximum absolute atomic E-state index is 5.80. The van der Waals surface area contributed by atoms with Crippen molar-refractivity contribution in [2.24, 2.45) is 0 Å². The molecule has 0 bridgehead atoms. The molecule has 1 N–H and O–H groups in total. The maximum atomic E-state index is 5.80. The fourth-order valence-corrected chi connectivity index (χ4v) is 2.19. The van der Waals surface area contributed by atoms with Gasteiger partial charge in [0, 0.05) is 12.6 Å². The molecule has 3 nitrogen and oxygen atoms in total. The second-order valence-corrected chi connectivity index (χ2v) is 4.26. The van der Waals surface area contributed by atoms with Crippen LogP contribution in [-0.2, 0) is 4.74 Å². The van der Waals surface area contributed by atoms with Gasteiger partial charge in [0.2, 0.25) is 0 Å². The van der Waals surface area contributed by atoms with Crippen LogP contribution in [0.25, 0.3) is 0 Å².